The number of hydrogen-bond acceptors (Lipinski definition) is 2. The van der Waals surface area contributed by atoms with Crippen molar-refractivity contribution in [3.05, 3.63) is 106 Å². The first kappa shape index (κ1) is 27.3. The van der Waals surface area contributed by atoms with Gasteiger partial charge in [0.2, 0.25) is 11.8 Å². The van der Waals surface area contributed by atoms with Gasteiger partial charge in [0.05, 0.1) is 16.0 Å². The molecule has 1 aliphatic carbocycles. The molecule has 1 heterocycles. The van der Waals surface area contributed by atoms with Crippen LogP contribution < -0.4 is 0 Å². The summed E-state index contributed by atoms with van der Waals surface area (Å²) in [4.78, 5) is 34.6. The number of halogens is 2. The summed E-state index contributed by atoms with van der Waals surface area (Å²) in [6.07, 6.45) is 5.26. The van der Waals surface area contributed by atoms with Crippen LogP contribution in [0.2, 0.25) is 10.0 Å². The maximum atomic E-state index is 13.9. The molecule has 7 heteroatoms. The van der Waals surface area contributed by atoms with E-state index in [4.69, 9.17) is 23.2 Å². The normalized spacial score (nSPS) is 13.8. The van der Waals surface area contributed by atoms with Crippen molar-refractivity contribution in [1.82, 2.24) is 14.8 Å². The Bertz CT molecular complexity index is 1450. The van der Waals surface area contributed by atoms with E-state index in [1.807, 2.05) is 83.6 Å². The molecule has 0 radical (unpaired) electrons. The molecule has 4 aromatic rings. The van der Waals surface area contributed by atoms with Gasteiger partial charge in [0.15, 0.2) is 0 Å². The Morgan fingerprint density at radius 1 is 0.974 bits per heavy atom. The van der Waals surface area contributed by atoms with Gasteiger partial charge in [-0.25, -0.2) is 0 Å². The highest BCUT2D eigenvalue weighted by Crippen LogP contribution is 2.32. The fourth-order valence-corrected chi connectivity index (χ4v) is 5.52. The number of benzene rings is 3. The Kier molecular flexibility index (Phi) is 8.59. The zero-order chi connectivity index (χ0) is 27.4. The highest BCUT2D eigenvalue weighted by Gasteiger charge is 2.37. The molecule has 1 aromatic heterocycles. The van der Waals surface area contributed by atoms with Crippen LogP contribution in [-0.4, -0.2) is 45.7 Å². The number of aromatic amines is 1. The predicted molar refractivity (Wildman–Crippen MR) is 158 cm³/mol. The third-order valence-electron chi connectivity index (χ3n) is 7.52. The number of amides is 2. The molecule has 0 saturated heterocycles. The molecule has 1 fully saturated rings. The molecule has 202 valence electrons. The van der Waals surface area contributed by atoms with Gasteiger partial charge in [0.25, 0.3) is 0 Å². The van der Waals surface area contributed by atoms with Gasteiger partial charge in [-0.3, -0.25) is 9.59 Å². The smallest absolute Gasteiger partial charge is 0.242 e. The van der Waals surface area contributed by atoms with Crippen molar-refractivity contribution >= 4 is 45.9 Å². The third-order valence-corrected chi connectivity index (χ3v) is 8.26. The van der Waals surface area contributed by atoms with E-state index < -0.39 is 0 Å². The minimum absolute atomic E-state index is 0.0330. The van der Waals surface area contributed by atoms with E-state index in [0.29, 0.717) is 36.0 Å². The first-order valence-corrected chi connectivity index (χ1v) is 14.3. The molecule has 1 aliphatic rings. The van der Waals surface area contributed by atoms with Crippen LogP contribution in [0.15, 0.2) is 79.0 Å². The SMILES string of the molecule is CCC(C(=O)N(CC(=O)N(CCc1c[nH]c2ccccc12)Cc1ccc(Cl)c(Cl)c1)C1CC1)c1ccccc1. The van der Waals surface area contributed by atoms with Crippen LogP contribution in [0.25, 0.3) is 10.9 Å². The van der Waals surface area contributed by atoms with Crippen molar-refractivity contribution in [2.24, 2.45) is 0 Å². The fraction of sp³-hybridized carbons (Fsp3) is 0.312. The summed E-state index contributed by atoms with van der Waals surface area (Å²) >= 11 is 12.4. The number of para-hydroxylation sites is 1. The molecule has 0 bridgehead atoms. The molecule has 0 spiro atoms. The molecule has 2 amide bonds. The standard InChI is InChI=1S/C32H33Cl2N3O2/c1-2-26(23-8-4-3-5-9-23)32(39)37(25-13-14-25)21-31(38)36(20-22-12-15-28(33)29(34)18-22)17-16-24-19-35-30-11-7-6-10-27(24)30/h3-12,15,18-19,25-26,35H,2,13-14,16-17,20-21H2,1H3. The number of nitrogens with one attached hydrogen (secondary N) is 1. The van der Waals surface area contributed by atoms with Gasteiger partial charge in [-0.05, 0) is 60.6 Å². The van der Waals surface area contributed by atoms with Crippen LogP contribution in [0.3, 0.4) is 0 Å². The second-order valence-corrected chi connectivity index (χ2v) is 11.1. The van der Waals surface area contributed by atoms with Crippen LogP contribution in [0.5, 0.6) is 0 Å². The van der Waals surface area contributed by atoms with E-state index >= 15 is 0 Å². The quantitative estimate of drug-likeness (QED) is 0.210. The highest BCUT2D eigenvalue weighted by molar-refractivity contribution is 6.42. The lowest BCUT2D eigenvalue weighted by atomic mass is 9.95. The Labute approximate surface area is 239 Å². The van der Waals surface area contributed by atoms with Crippen LogP contribution in [0, 0.1) is 0 Å². The highest BCUT2D eigenvalue weighted by atomic mass is 35.5. The number of carbonyl (C=O) groups excluding carboxylic acids is 2. The first-order valence-electron chi connectivity index (χ1n) is 13.6. The summed E-state index contributed by atoms with van der Waals surface area (Å²) in [6, 6.07) is 23.6. The van der Waals surface area contributed by atoms with Crippen molar-refractivity contribution in [2.75, 3.05) is 13.1 Å². The Morgan fingerprint density at radius 2 is 1.72 bits per heavy atom. The summed E-state index contributed by atoms with van der Waals surface area (Å²) in [5.74, 6) is -0.288. The lowest BCUT2D eigenvalue weighted by Gasteiger charge is -2.30. The maximum Gasteiger partial charge on any atom is 0.242 e. The largest absolute Gasteiger partial charge is 0.361 e. The van der Waals surface area contributed by atoms with Crippen molar-refractivity contribution in [3.8, 4) is 0 Å². The van der Waals surface area contributed by atoms with E-state index in [9.17, 15) is 9.59 Å². The van der Waals surface area contributed by atoms with Crippen LogP contribution in [0.4, 0.5) is 0 Å². The molecule has 1 saturated carbocycles. The molecule has 1 atom stereocenters. The Balaban J connectivity index is 1.36. The van der Waals surface area contributed by atoms with E-state index in [1.165, 1.54) is 0 Å². The van der Waals surface area contributed by atoms with Crippen molar-refractivity contribution in [1.29, 1.82) is 0 Å². The number of carbonyl (C=O) groups is 2. The van der Waals surface area contributed by atoms with E-state index in [1.54, 1.807) is 6.07 Å². The Hall–Kier alpha value is -3.28. The monoisotopic (exact) mass is 561 g/mol. The van der Waals surface area contributed by atoms with E-state index in [-0.39, 0.29) is 30.3 Å². The lowest BCUT2D eigenvalue weighted by Crippen LogP contribution is -2.45. The van der Waals surface area contributed by atoms with Gasteiger partial charge in [-0.1, -0.05) is 84.7 Å². The van der Waals surface area contributed by atoms with Gasteiger partial charge in [0, 0.05) is 36.2 Å². The minimum atomic E-state index is -0.255. The van der Waals surface area contributed by atoms with Gasteiger partial charge in [-0.15, -0.1) is 0 Å². The van der Waals surface area contributed by atoms with Gasteiger partial charge in [0.1, 0.15) is 6.54 Å². The van der Waals surface area contributed by atoms with Gasteiger partial charge >= 0.3 is 0 Å². The average Bonchev–Trinajstić information content (AvgIpc) is 3.71. The molecular weight excluding hydrogens is 529 g/mol. The first-order chi connectivity index (χ1) is 18.9. The summed E-state index contributed by atoms with van der Waals surface area (Å²) < 4.78 is 0. The summed E-state index contributed by atoms with van der Waals surface area (Å²) in [6.45, 7) is 3.01. The minimum Gasteiger partial charge on any atom is -0.361 e. The zero-order valence-corrected chi connectivity index (χ0v) is 23.6. The van der Waals surface area contributed by atoms with E-state index in [0.717, 1.165) is 40.4 Å². The molecule has 5 rings (SSSR count). The van der Waals surface area contributed by atoms with Crippen molar-refractivity contribution < 1.29 is 9.59 Å². The van der Waals surface area contributed by atoms with Gasteiger partial charge in [-0.2, -0.15) is 0 Å². The topological polar surface area (TPSA) is 56.4 Å². The maximum absolute atomic E-state index is 13.9. The number of aromatic nitrogens is 1. The van der Waals surface area contributed by atoms with Gasteiger partial charge < -0.3 is 14.8 Å². The average molecular weight is 563 g/mol. The number of fused-ring (bicyclic) bond motifs is 1. The predicted octanol–water partition coefficient (Wildman–Crippen LogP) is 7.23. The third kappa shape index (κ3) is 6.48. The lowest BCUT2D eigenvalue weighted by molar-refractivity contribution is -0.142. The van der Waals surface area contributed by atoms with Crippen molar-refractivity contribution in [3.63, 3.8) is 0 Å². The molecule has 5 nitrogen and oxygen atoms in total. The Morgan fingerprint density at radius 3 is 2.44 bits per heavy atom. The number of nitrogens with zero attached hydrogens (tertiary/aromatic N) is 2. The van der Waals surface area contributed by atoms with Crippen LogP contribution >= 0.6 is 23.2 Å². The van der Waals surface area contributed by atoms with Crippen LogP contribution in [-0.2, 0) is 22.6 Å². The number of rotatable bonds is 11. The summed E-state index contributed by atoms with van der Waals surface area (Å²) in [5, 5.41) is 2.10. The molecule has 0 aliphatic heterocycles. The molecule has 1 unspecified atom stereocenters. The van der Waals surface area contributed by atoms with E-state index in [2.05, 4.69) is 11.1 Å². The number of hydrogen-bond donors (Lipinski definition) is 1. The fourth-order valence-electron chi connectivity index (χ4n) is 5.20. The molecule has 3 aromatic carbocycles. The number of H-pyrrole nitrogens is 1. The van der Waals surface area contributed by atoms with Crippen molar-refractivity contribution in [2.45, 2.75) is 51.1 Å². The molecular formula is C32H33Cl2N3O2. The molecule has 1 N–H and O–H groups in total. The zero-order valence-electron chi connectivity index (χ0n) is 22.1. The second kappa shape index (κ2) is 12.3. The molecule has 39 heavy (non-hydrogen) atoms. The summed E-state index contributed by atoms with van der Waals surface area (Å²) in [5.41, 5.74) is 4.13. The second-order valence-electron chi connectivity index (χ2n) is 10.2. The van der Waals surface area contributed by atoms with Crippen LogP contribution in [0.1, 0.15) is 48.8 Å². The summed E-state index contributed by atoms with van der Waals surface area (Å²) in [7, 11) is 0.